The summed E-state index contributed by atoms with van der Waals surface area (Å²) in [4.78, 5) is 15.7. The van der Waals surface area contributed by atoms with Crippen LogP contribution in [0.15, 0.2) is 54.6 Å². The fourth-order valence-electron chi connectivity index (χ4n) is 2.63. The molecule has 0 saturated carbocycles. The third kappa shape index (κ3) is 2.76. The molecule has 0 aliphatic carbocycles. The Kier molecular flexibility index (Phi) is 4.57. The van der Waals surface area contributed by atoms with E-state index in [0.29, 0.717) is 6.54 Å². The van der Waals surface area contributed by atoms with Crippen molar-refractivity contribution in [3.05, 3.63) is 60.2 Å². The van der Waals surface area contributed by atoms with Crippen LogP contribution in [-0.4, -0.2) is 26.0 Å². The number of ketones is 1. The molecule has 0 amide bonds. The Morgan fingerprint density at radius 2 is 1.75 bits per heavy atom. The van der Waals surface area contributed by atoms with Crippen molar-refractivity contribution in [3.63, 3.8) is 0 Å². The van der Waals surface area contributed by atoms with Crippen molar-refractivity contribution in [3.8, 4) is 0 Å². The summed E-state index contributed by atoms with van der Waals surface area (Å²) in [7, 11) is 2.07. The first kappa shape index (κ1) is 14.8. The number of carbonyl (C=O) groups excluding carboxylic acids is 1. The second-order valence-electron chi connectivity index (χ2n) is 4.94. The average molecular weight is 333 g/mol. The Balaban J connectivity index is 0.00000147. The monoisotopic (exact) mass is 332 g/mol. The van der Waals surface area contributed by atoms with E-state index in [1.165, 1.54) is 16.3 Å². The summed E-state index contributed by atoms with van der Waals surface area (Å²) in [6, 6.07) is 17.8. The van der Waals surface area contributed by atoms with Gasteiger partial charge in [0.15, 0.2) is 12.4 Å². The van der Waals surface area contributed by atoms with Crippen molar-refractivity contribution in [1.29, 1.82) is 0 Å². The number of hydrogen-bond donors (Lipinski definition) is 1. The maximum absolute atomic E-state index is 12.3. The van der Waals surface area contributed by atoms with Crippen LogP contribution >= 0.6 is 0 Å². The molecule has 3 rings (SSSR count). The molecule has 1 aliphatic rings. The lowest BCUT2D eigenvalue weighted by Gasteiger charge is -2.12. The van der Waals surface area contributed by atoms with Gasteiger partial charge in [0.1, 0.15) is 12.2 Å². The molecule has 104 valence electrons. The average Bonchev–Trinajstić information content (AvgIpc) is 2.77. The van der Waals surface area contributed by atoms with Gasteiger partial charge >= 0.3 is 0 Å². The number of anilines is 1. The van der Waals surface area contributed by atoms with Gasteiger partial charge in [0, 0.05) is 18.7 Å². The highest BCUT2D eigenvalue weighted by Gasteiger charge is 2.29. The number of fused-ring (bicyclic) bond motifs is 1. The maximum Gasteiger partial charge on any atom is 0.217 e. The number of carbonyl (C=O) groups is 1. The fraction of sp³-hybridized carbons (Fsp3) is 0.188. The normalized spacial score (nSPS) is 16.4. The molecule has 2 aromatic carbocycles. The number of para-hydroxylation sites is 2. The predicted molar refractivity (Wildman–Crippen MR) is 76.0 cm³/mol. The van der Waals surface area contributed by atoms with Crippen LogP contribution in [0, 0.1) is 0 Å². The van der Waals surface area contributed by atoms with Crippen LogP contribution in [0.2, 0.25) is 0 Å². The van der Waals surface area contributed by atoms with Gasteiger partial charge in [-0.15, -0.1) is 0 Å². The van der Waals surface area contributed by atoms with Crippen molar-refractivity contribution >= 4 is 17.2 Å². The van der Waals surface area contributed by atoms with Gasteiger partial charge in [-0.3, -0.25) is 9.69 Å². The Hall–Kier alpha value is -1.65. The molecule has 1 atom stereocenters. The number of rotatable bonds is 3. The Morgan fingerprint density at radius 3 is 2.50 bits per heavy atom. The van der Waals surface area contributed by atoms with E-state index < -0.39 is 0 Å². The van der Waals surface area contributed by atoms with Crippen LogP contribution < -0.4 is 26.8 Å². The van der Waals surface area contributed by atoms with Crippen molar-refractivity contribution in [2.24, 2.45) is 0 Å². The van der Waals surface area contributed by atoms with Gasteiger partial charge in [0.2, 0.25) is 5.78 Å². The molecule has 3 nitrogen and oxygen atoms in total. The molecule has 0 radical (unpaired) electrons. The third-order valence-corrected chi connectivity index (χ3v) is 3.59. The summed E-state index contributed by atoms with van der Waals surface area (Å²) < 4.78 is 0. The molecule has 1 N–H and O–H groups in total. The van der Waals surface area contributed by atoms with Crippen molar-refractivity contribution in [2.45, 2.75) is 0 Å². The summed E-state index contributed by atoms with van der Waals surface area (Å²) in [6.07, 6.45) is 0. The number of nitrogens with zero attached hydrogens (tertiary/aromatic N) is 1. The van der Waals surface area contributed by atoms with Crippen LogP contribution in [0.1, 0.15) is 10.4 Å². The van der Waals surface area contributed by atoms with Gasteiger partial charge in [0.25, 0.3) is 0 Å². The minimum Gasteiger partial charge on any atom is -1.00 e. The first-order chi connectivity index (χ1) is 9.25. The Bertz CT molecular complexity index is 600. The van der Waals surface area contributed by atoms with E-state index in [4.69, 9.17) is 0 Å². The van der Waals surface area contributed by atoms with Crippen molar-refractivity contribution in [1.82, 2.24) is 0 Å². The van der Waals surface area contributed by atoms with E-state index in [2.05, 4.69) is 24.1 Å². The van der Waals surface area contributed by atoms with Crippen LogP contribution in [-0.2, 0) is 0 Å². The van der Waals surface area contributed by atoms with E-state index >= 15 is 0 Å². The molecular weight excluding hydrogens is 316 g/mol. The summed E-state index contributed by atoms with van der Waals surface area (Å²) >= 11 is 0. The minimum atomic E-state index is 0. The molecule has 0 spiro atoms. The molecule has 2 aromatic rings. The molecule has 1 aliphatic heterocycles. The van der Waals surface area contributed by atoms with Gasteiger partial charge in [0.05, 0.1) is 0 Å². The van der Waals surface area contributed by atoms with Gasteiger partial charge < -0.3 is 21.9 Å². The standard InChI is InChI=1S/C16H16N2O.BrH/c1-17-12-18(15-10-6-5-9-14(15)17)11-16(19)13-7-3-2-4-8-13;/h2-10H,11-12H2,1H3;1H. The van der Waals surface area contributed by atoms with Crippen LogP contribution in [0.4, 0.5) is 11.4 Å². The minimum absolute atomic E-state index is 0. The number of halogens is 1. The zero-order chi connectivity index (χ0) is 13.2. The van der Waals surface area contributed by atoms with E-state index in [0.717, 1.165) is 12.2 Å². The molecule has 20 heavy (non-hydrogen) atoms. The van der Waals surface area contributed by atoms with Crippen LogP contribution in [0.25, 0.3) is 0 Å². The quantitative estimate of drug-likeness (QED) is 0.692. The SMILES string of the molecule is CN1C[NH+](CC(=O)c2ccccc2)c2ccccc21.[Br-]. The predicted octanol–water partition coefficient (Wildman–Crippen LogP) is -1.50. The van der Waals surface area contributed by atoms with Crippen LogP contribution in [0.3, 0.4) is 0 Å². The second-order valence-corrected chi connectivity index (χ2v) is 4.94. The van der Waals surface area contributed by atoms with Gasteiger partial charge in [-0.05, 0) is 6.07 Å². The highest BCUT2D eigenvalue weighted by atomic mass is 79.9. The maximum atomic E-state index is 12.3. The first-order valence-electron chi connectivity index (χ1n) is 6.49. The number of quaternary nitrogens is 1. The summed E-state index contributed by atoms with van der Waals surface area (Å²) in [6.45, 7) is 1.35. The molecular formula is C16H17BrN2O. The number of benzene rings is 2. The van der Waals surface area contributed by atoms with E-state index in [1.54, 1.807) is 0 Å². The topological polar surface area (TPSA) is 24.8 Å². The molecule has 0 fully saturated rings. The highest BCUT2D eigenvalue weighted by molar-refractivity contribution is 5.97. The molecule has 4 heteroatoms. The smallest absolute Gasteiger partial charge is 0.217 e. The third-order valence-electron chi connectivity index (χ3n) is 3.59. The second kappa shape index (κ2) is 6.20. The fourth-order valence-corrected chi connectivity index (χ4v) is 2.63. The highest BCUT2D eigenvalue weighted by Crippen LogP contribution is 2.24. The van der Waals surface area contributed by atoms with Gasteiger partial charge in [-0.2, -0.15) is 0 Å². The largest absolute Gasteiger partial charge is 1.00 e. The molecule has 1 unspecified atom stereocenters. The first-order valence-corrected chi connectivity index (χ1v) is 6.49. The Labute approximate surface area is 129 Å². The number of nitrogens with one attached hydrogen (secondary N) is 1. The lowest BCUT2D eigenvalue weighted by Crippen LogP contribution is -3.07. The molecule has 0 saturated heterocycles. The van der Waals surface area contributed by atoms with Gasteiger partial charge in [-0.1, -0.05) is 42.5 Å². The van der Waals surface area contributed by atoms with E-state index in [9.17, 15) is 4.79 Å². The molecule has 0 aromatic heterocycles. The van der Waals surface area contributed by atoms with Gasteiger partial charge in [-0.25, -0.2) is 0 Å². The van der Waals surface area contributed by atoms with Crippen LogP contribution in [0.5, 0.6) is 0 Å². The van der Waals surface area contributed by atoms with E-state index in [1.807, 2.05) is 42.5 Å². The molecule has 0 bridgehead atoms. The Morgan fingerprint density at radius 1 is 1.10 bits per heavy atom. The zero-order valence-corrected chi connectivity index (χ0v) is 12.9. The lowest BCUT2D eigenvalue weighted by atomic mass is 10.1. The lowest BCUT2D eigenvalue weighted by molar-refractivity contribution is -0.815. The van der Waals surface area contributed by atoms with Crippen molar-refractivity contribution < 1.29 is 26.7 Å². The van der Waals surface area contributed by atoms with Crippen molar-refractivity contribution in [2.75, 3.05) is 25.2 Å². The summed E-state index contributed by atoms with van der Waals surface area (Å²) in [5.74, 6) is 0.195. The van der Waals surface area contributed by atoms with E-state index in [-0.39, 0.29) is 22.8 Å². The number of hydrogen-bond acceptors (Lipinski definition) is 2. The molecule has 1 heterocycles. The number of Topliss-reactive ketones (excluding diaryl/α,β-unsaturated/α-hetero) is 1. The zero-order valence-electron chi connectivity index (χ0n) is 11.3. The summed E-state index contributed by atoms with van der Waals surface area (Å²) in [5.41, 5.74) is 3.23. The summed E-state index contributed by atoms with van der Waals surface area (Å²) in [5, 5.41) is 0.